The number of hydrogen-bond donors (Lipinski definition) is 0. The first-order chi connectivity index (χ1) is 11.6. The van der Waals surface area contributed by atoms with Crippen LogP contribution in [0.25, 0.3) is 0 Å². The summed E-state index contributed by atoms with van der Waals surface area (Å²) < 4.78 is 15.0. The van der Waals surface area contributed by atoms with E-state index in [1.807, 2.05) is 6.26 Å². The molecular formula is C17H26O7S. The van der Waals surface area contributed by atoms with Gasteiger partial charge in [-0.1, -0.05) is 13.0 Å². The number of thioether (sulfide) groups is 1. The van der Waals surface area contributed by atoms with Crippen molar-refractivity contribution in [1.29, 1.82) is 0 Å². The minimum absolute atomic E-state index is 0.312. The fourth-order valence-corrected chi connectivity index (χ4v) is 2.28. The molecule has 0 bridgehead atoms. The summed E-state index contributed by atoms with van der Waals surface area (Å²) in [6.45, 7) is 7.59. The van der Waals surface area contributed by atoms with Crippen LogP contribution in [0.2, 0.25) is 0 Å². The van der Waals surface area contributed by atoms with E-state index < -0.39 is 36.2 Å². The van der Waals surface area contributed by atoms with E-state index in [0.29, 0.717) is 17.6 Å². The second kappa shape index (κ2) is 10.9. The Labute approximate surface area is 152 Å². The first-order valence-corrected chi connectivity index (χ1v) is 9.19. The summed E-state index contributed by atoms with van der Waals surface area (Å²) in [7, 11) is 0. The molecule has 0 aromatic rings. The number of hydrogen-bond acceptors (Lipinski definition) is 8. The first kappa shape index (κ1) is 23.2. The molecule has 0 aromatic carbocycles. The molecule has 25 heavy (non-hydrogen) atoms. The van der Waals surface area contributed by atoms with Gasteiger partial charge in [-0.2, -0.15) is 11.8 Å². The van der Waals surface area contributed by atoms with Gasteiger partial charge in [0.2, 0.25) is 6.29 Å². The lowest BCUT2D eigenvalue weighted by molar-refractivity contribution is -0.190. The number of allylic oxidation sites excluding steroid dienone is 1. The summed E-state index contributed by atoms with van der Waals surface area (Å²) in [6.07, 6.45) is 2.18. The van der Waals surface area contributed by atoms with Crippen molar-refractivity contribution in [3.63, 3.8) is 0 Å². The molecule has 0 aliphatic heterocycles. The minimum Gasteiger partial charge on any atom is -0.448 e. The Morgan fingerprint density at radius 1 is 1.20 bits per heavy atom. The molecule has 3 unspecified atom stereocenters. The number of carbonyl (C=O) groups is 4. The van der Waals surface area contributed by atoms with Gasteiger partial charge in [-0.25, -0.2) is 4.79 Å². The Morgan fingerprint density at radius 3 is 2.28 bits per heavy atom. The van der Waals surface area contributed by atoms with Crippen LogP contribution in [0, 0.1) is 5.92 Å². The summed E-state index contributed by atoms with van der Waals surface area (Å²) in [5.41, 5.74) is -1.35. The largest absolute Gasteiger partial charge is 0.448 e. The van der Waals surface area contributed by atoms with Crippen molar-refractivity contribution >= 4 is 36.0 Å². The van der Waals surface area contributed by atoms with Crippen molar-refractivity contribution < 1.29 is 33.4 Å². The quantitative estimate of drug-likeness (QED) is 0.249. The van der Waals surface area contributed by atoms with Crippen LogP contribution >= 0.6 is 11.8 Å². The zero-order valence-electron chi connectivity index (χ0n) is 15.5. The van der Waals surface area contributed by atoms with Crippen molar-refractivity contribution in [3.8, 4) is 0 Å². The van der Waals surface area contributed by atoms with Crippen LogP contribution in [0.4, 0.5) is 0 Å². The number of ether oxygens (including phenoxy) is 3. The van der Waals surface area contributed by atoms with E-state index in [4.69, 9.17) is 14.2 Å². The van der Waals surface area contributed by atoms with Crippen LogP contribution in [0.1, 0.15) is 41.0 Å². The fourth-order valence-electron chi connectivity index (χ4n) is 1.65. The lowest BCUT2D eigenvalue weighted by Crippen LogP contribution is -2.38. The van der Waals surface area contributed by atoms with Gasteiger partial charge in [0, 0.05) is 18.2 Å². The van der Waals surface area contributed by atoms with Crippen LogP contribution in [-0.2, 0) is 33.4 Å². The zero-order valence-corrected chi connectivity index (χ0v) is 16.3. The van der Waals surface area contributed by atoms with Gasteiger partial charge in [-0.3, -0.25) is 14.4 Å². The van der Waals surface area contributed by atoms with E-state index in [-0.39, 0.29) is 5.92 Å². The van der Waals surface area contributed by atoms with Gasteiger partial charge in [0.05, 0.1) is 12.3 Å². The Hall–Kier alpha value is -1.83. The average Bonchev–Trinajstić information content (AvgIpc) is 2.53. The van der Waals surface area contributed by atoms with Crippen molar-refractivity contribution in [1.82, 2.24) is 0 Å². The molecule has 0 amide bonds. The Morgan fingerprint density at radius 2 is 1.80 bits per heavy atom. The maximum absolute atomic E-state index is 11.9. The molecule has 0 saturated heterocycles. The lowest BCUT2D eigenvalue weighted by atomic mass is 10.0. The van der Waals surface area contributed by atoms with Gasteiger partial charge in [-0.15, -0.1) is 0 Å². The fraction of sp³-hybridized carbons (Fsp3) is 0.647. The highest BCUT2D eigenvalue weighted by Crippen LogP contribution is 2.17. The average molecular weight is 374 g/mol. The summed E-state index contributed by atoms with van der Waals surface area (Å²) in [6, 6.07) is 0. The predicted octanol–water partition coefficient (Wildman–Crippen LogP) is 2.28. The van der Waals surface area contributed by atoms with Crippen molar-refractivity contribution in [2.45, 2.75) is 52.9 Å². The molecule has 142 valence electrons. The highest BCUT2D eigenvalue weighted by atomic mass is 32.2. The molecule has 0 rings (SSSR count). The lowest BCUT2D eigenvalue weighted by Gasteiger charge is -2.24. The summed E-state index contributed by atoms with van der Waals surface area (Å²) in [5.74, 6) is -1.75. The third-order valence-electron chi connectivity index (χ3n) is 3.22. The first-order valence-electron chi connectivity index (χ1n) is 7.80. The smallest absolute Gasteiger partial charge is 0.334 e. The SMILES string of the molecule is C/C=C(\C)C(=O)OC(C)(C=O)CC(=O)OC(C)OC(=O)C(C)CSC. The normalized spacial score (nSPS) is 16.2. The van der Waals surface area contributed by atoms with Gasteiger partial charge in [-0.05, 0) is 27.0 Å². The Balaban J connectivity index is 4.66. The molecule has 0 saturated carbocycles. The van der Waals surface area contributed by atoms with Crippen LogP contribution < -0.4 is 0 Å². The molecule has 0 aliphatic rings. The maximum atomic E-state index is 11.9. The van der Waals surface area contributed by atoms with E-state index in [2.05, 4.69) is 0 Å². The molecule has 0 heterocycles. The van der Waals surface area contributed by atoms with E-state index in [0.717, 1.165) is 0 Å². The highest BCUT2D eigenvalue weighted by Gasteiger charge is 2.33. The summed E-state index contributed by atoms with van der Waals surface area (Å²) in [4.78, 5) is 46.7. The standard InChI is InChI=1S/C17H26O7S/c1-7-11(2)16(21)24-17(5,10-18)8-14(19)22-13(4)23-15(20)12(3)9-25-6/h7,10,12-13H,8-9H2,1-6H3/b11-7+. The zero-order chi connectivity index (χ0) is 19.6. The predicted molar refractivity (Wildman–Crippen MR) is 93.8 cm³/mol. The number of carbonyl (C=O) groups excluding carboxylic acids is 4. The van der Waals surface area contributed by atoms with E-state index in [1.165, 1.54) is 38.6 Å². The summed E-state index contributed by atoms with van der Waals surface area (Å²) >= 11 is 1.50. The van der Waals surface area contributed by atoms with Gasteiger partial charge in [0.15, 0.2) is 11.9 Å². The number of rotatable bonds is 10. The number of aldehydes is 1. The van der Waals surface area contributed by atoms with E-state index in [9.17, 15) is 19.2 Å². The molecule has 0 spiro atoms. The van der Waals surface area contributed by atoms with Crippen molar-refractivity contribution in [2.75, 3.05) is 12.0 Å². The van der Waals surface area contributed by atoms with Crippen LogP contribution in [0.15, 0.2) is 11.6 Å². The van der Waals surface area contributed by atoms with Gasteiger partial charge < -0.3 is 14.2 Å². The van der Waals surface area contributed by atoms with E-state index in [1.54, 1.807) is 13.8 Å². The molecular weight excluding hydrogens is 348 g/mol. The second-order valence-corrected chi connectivity index (χ2v) is 6.73. The molecule has 0 aromatic heterocycles. The molecule has 7 nitrogen and oxygen atoms in total. The number of esters is 3. The van der Waals surface area contributed by atoms with Crippen LogP contribution in [-0.4, -0.2) is 48.1 Å². The molecule has 0 fully saturated rings. The Bertz CT molecular complexity index is 529. The third-order valence-corrected chi connectivity index (χ3v) is 4.06. The van der Waals surface area contributed by atoms with Crippen molar-refractivity contribution in [3.05, 3.63) is 11.6 Å². The molecule has 3 atom stereocenters. The second-order valence-electron chi connectivity index (χ2n) is 5.82. The molecule has 0 N–H and O–H groups in total. The van der Waals surface area contributed by atoms with Gasteiger partial charge >= 0.3 is 17.9 Å². The van der Waals surface area contributed by atoms with Gasteiger partial charge in [0.25, 0.3) is 0 Å². The van der Waals surface area contributed by atoms with Crippen molar-refractivity contribution in [2.24, 2.45) is 5.92 Å². The maximum Gasteiger partial charge on any atom is 0.334 e. The summed E-state index contributed by atoms with van der Waals surface area (Å²) in [5, 5.41) is 0. The third kappa shape index (κ3) is 8.72. The topological polar surface area (TPSA) is 96.0 Å². The molecule has 8 heteroatoms. The minimum atomic E-state index is -1.66. The highest BCUT2D eigenvalue weighted by molar-refractivity contribution is 7.98. The van der Waals surface area contributed by atoms with Crippen LogP contribution in [0.5, 0.6) is 0 Å². The van der Waals surface area contributed by atoms with Crippen LogP contribution in [0.3, 0.4) is 0 Å². The molecule has 0 aliphatic carbocycles. The Kier molecular flexibility index (Phi) is 10.1. The monoisotopic (exact) mass is 374 g/mol. The van der Waals surface area contributed by atoms with Gasteiger partial charge in [0.1, 0.15) is 0 Å². The molecule has 0 radical (unpaired) electrons. The van der Waals surface area contributed by atoms with E-state index >= 15 is 0 Å².